The first-order valence-electron chi connectivity index (χ1n) is 8.20. The van der Waals surface area contributed by atoms with E-state index >= 15 is 0 Å². The second-order valence-corrected chi connectivity index (χ2v) is 7.14. The second kappa shape index (κ2) is 6.98. The minimum absolute atomic E-state index is 0.180. The van der Waals surface area contributed by atoms with Crippen LogP contribution in [0.5, 0.6) is 5.75 Å². The van der Waals surface area contributed by atoms with E-state index in [1.54, 1.807) is 18.3 Å². The summed E-state index contributed by atoms with van der Waals surface area (Å²) in [6, 6.07) is 17.3. The number of ether oxygens (including phenoxy) is 1. The minimum Gasteiger partial charge on any atom is -0.480 e. The summed E-state index contributed by atoms with van der Waals surface area (Å²) in [5.41, 5.74) is 2.79. The van der Waals surface area contributed by atoms with Crippen LogP contribution in [0.25, 0.3) is 0 Å². The Kier molecular flexibility index (Phi) is 4.38. The Morgan fingerprint density at radius 2 is 2.08 bits per heavy atom. The molecule has 4 rings (SSSR count). The number of aromatic nitrogens is 1. The lowest BCUT2D eigenvalue weighted by atomic mass is 10.1. The third-order valence-corrected chi connectivity index (χ3v) is 5.10. The molecule has 6 heteroatoms. The minimum atomic E-state index is -0.515. The quantitative estimate of drug-likeness (QED) is 0.771. The molecule has 1 aliphatic heterocycles. The molecule has 0 bridgehead atoms. The molecule has 0 saturated heterocycles. The fraction of sp³-hybridized carbons (Fsp3) is 0.150. The molecule has 128 valence electrons. The van der Waals surface area contributed by atoms with E-state index in [-0.39, 0.29) is 5.91 Å². The lowest BCUT2D eigenvalue weighted by molar-refractivity contribution is -0.122. The van der Waals surface area contributed by atoms with E-state index < -0.39 is 6.10 Å². The highest BCUT2D eigenvalue weighted by Crippen LogP contribution is 2.29. The monoisotopic (exact) mass is 361 g/mol. The molecule has 2 heterocycles. The van der Waals surface area contributed by atoms with Crippen molar-refractivity contribution >= 4 is 22.4 Å². The standard InChI is InChI=1S/C20H15N3O2S/c21-11-14-7-5-13(6-8-14)9-16-12-22-20(26-16)23-19(24)18-10-15-3-1-2-4-17(15)25-18/h1-8,12,18H,9-10H2,(H,22,23,24)/t18-/m1/s1. The maximum Gasteiger partial charge on any atom is 0.267 e. The van der Waals surface area contributed by atoms with Gasteiger partial charge >= 0.3 is 0 Å². The van der Waals surface area contributed by atoms with Gasteiger partial charge in [-0.1, -0.05) is 30.3 Å². The largest absolute Gasteiger partial charge is 0.480 e. The Morgan fingerprint density at radius 1 is 1.27 bits per heavy atom. The third kappa shape index (κ3) is 3.44. The van der Waals surface area contributed by atoms with Crippen LogP contribution in [0.15, 0.2) is 54.7 Å². The molecule has 2 aromatic carbocycles. The van der Waals surface area contributed by atoms with E-state index in [1.165, 1.54) is 11.3 Å². The van der Waals surface area contributed by atoms with Crippen molar-refractivity contribution in [1.82, 2.24) is 4.98 Å². The van der Waals surface area contributed by atoms with Crippen molar-refractivity contribution in [3.63, 3.8) is 0 Å². The lowest BCUT2D eigenvalue weighted by Gasteiger charge is -2.09. The van der Waals surface area contributed by atoms with Gasteiger partial charge in [-0.15, -0.1) is 11.3 Å². The number of para-hydroxylation sites is 1. The zero-order valence-electron chi connectivity index (χ0n) is 13.8. The zero-order valence-corrected chi connectivity index (χ0v) is 14.6. The smallest absolute Gasteiger partial charge is 0.267 e. The average Bonchev–Trinajstić information content (AvgIpc) is 3.29. The molecule has 0 saturated carbocycles. The Balaban J connectivity index is 1.38. The van der Waals surface area contributed by atoms with E-state index in [0.29, 0.717) is 23.5 Å². The summed E-state index contributed by atoms with van der Waals surface area (Å²) in [5, 5.41) is 12.3. The number of rotatable bonds is 4. The number of carbonyl (C=O) groups is 1. The van der Waals surface area contributed by atoms with Crippen molar-refractivity contribution in [2.24, 2.45) is 0 Å². The Bertz CT molecular complexity index is 964. The summed E-state index contributed by atoms with van der Waals surface area (Å²) in [4.78, 5) is 17.7. The summed E-state index contributed by atoms with van der Waals surface area (Å²) in [7, 11) is 0. The number of nitriles is 1. The van der Waals surface area contributed by atoms with Crippen LogP contribution in [-0.4, -0.2) is 17.0 Å². The lowest BCUT2D eigenvalue weighted by Crippen LogP contribution is -2.31. The number of nitrogens with zero attached hydrogens (tertiary/aromatic N) is 2. The van der Waals surface area contributed by atoms with Crippen molar-refractivity contribution in [3.8, 4) is 11.8 Å². The number of carbonyl (C=O) groups excluding carboxylic acids is 1. The van der Waals surface area contributed by atoms with Gasteiger partial charge in [-0.2, -0.15) is 5.26 Å². The van der Waals surface area contributed by atoms with E-state index in [1.807, 2.05) is 36.4 Å². The number of fused-ring (bicyclic) bond motifs is 1. The number of amides is 1. The van der Waals surface area contributed by atoms with Gasteiger partial charge in [0.2, 0.25) is 0 Å². The molecule has 0 fully saturated rings. The van der Waals surface area contributed by atoms with Crippen LogP contribution in [0.4, 0.5) is 5.13 Å². The van der Waals surface area contributed by atoms with Gasteiger partial charge in [-0.05, 0) is 29.3 Å². The van der Waals surface area contributed by atoms with Gasteiger partial charge in [-0.3, -0.25) is 10.1 Å². The topological polar surface area (TPSA) is 75.0 Å². The van der Waals surface area contributed by atoms with E-state index in [4.69, 9.17) is 10.00 Å². The van der Waals surface area contributed by atoms with Crippen molar-refractivity contribution in [1.29, 1.82) is 5.26 Å². The van der Waals surface area contributed by atoms with Crippen LogP contribution in [0.3, 0.4) is 0 Å². The van der Waals surface area contributed by atoms with Gasteiger partial charge in [0.1, 0.15) is 5.75 Å². The van der Waals surface area contributed by atoms with Crippen LogP contribution in [-0.2, 0) is 17.6 Å². The van der Waals surface area contributed by atoms with Crippen molar-refractivity contribution in [3.05, 3.63) is 76.3 Å². The molecular weight excluding hydrogens is 346 g/mol. The highest BCUT2D eigenvalue weighted by Gasteiger charge is 2.29. The van der Waals surface area contributed by atoms with Gasteiger partial charge in [0.15, 0.2) is 11.2 Å². The predicted molar refractivity (Wildman–Crippen MR) is 99.3 cm³/mol. The molecule has 1 aromatic heterocycles. The predicted octanol–water partition coefficient (Wildman–Crippen LogP) is 3.55. The number of hydrogen-bond donors (Lipinski definition) is 1. The first-order chi connectivity index (χ1) is 12.7. The number of hydrogen-bond acceptors (Lipinski definition) is 5. The van der Waals surface area contributed by atoms with Gasteiger partial charge in [0, 0.05) is 23.9 Å². The van der Waals surface area contributed by atoms with Crippen molar-refractivity contribution in [2.75, 3.05) is 5.32 Å². The number of benzene rings is 2. The van der Waals surface area contributed by atoms with Gasteiger partial charge in [0.25, 0.3) is 5.91 Å². The molecule has 26 heavy (non-hydrogen) atoms. The first kappa shape index (κ1) is 16.3. The SMILES string of the molecule is N#Cc1ccc(Cc2cnc(NC(=O)[C@H]3Cc4ccccc4O3)s2)cc1. The summed E-state index contributed by atoms with van der Waals surface area (Å²) >= 11 is 1.45. The van der Waals surface area contributed by atoms with Crippen LogP contribution >= 0.6 is 11.3 Å². The molecule has 0 unspecified atom stereocenters. The Labute approximate surface area is 154 Å². The van der Waals surface area contributed by atoms with Gasteiger partial charge < -0.3 is 4.74 Å². The highest BCUT2D eigenvalue weighted by molar-refractivity contribution is 7.15. The van der Waals surface area contributed by atoms with Crippen LogP contribution in [0.2, 0.25) is 0 Å². The molecule has 1 amide bonds. The molecule has 0 spiro atoms. The average molecular weight is 361 g/mol. The molecule has 1 aliphatic rings. The summed E-state index contributed by atoms with van der Waals surface area (Å²) < 4.78 is 5.70. The summed E-state index contributed by atoms with van der Waals surface area (Å²) in [5.74, 6) is 0.591. The van der Waals surface area contributed by atoms with Gasteiger partial charge in [-0.25, -0.2) is 4.98 Å². The number of anilines is 1. The number of nitrogens with one attached hydrogen (secondary N) is 1. The van der Waals surface area contributed by atoms with Crippen molar-refractivity contribution in [2.45, 2.75) is 18.9 Å². The van der Waals surface area contributed by atoms with Crippen molar-refractivity contribution < 1.29 is 9.53 Å². The van der Waals surface area contributed by atoms with E-state index in [0.717, 1.165) is 21.8 Å². The van der Waals surface area contributed by atoms with Crippen LogP contribution in [0.1, 0.15) is 21.6 Å². The fourth-order valence-corrected chi connectivity index (χ4v) is 3.71. The molecule has 0 radical (unpaired) electrons. The first-order valence-corrected chi connectivity index (χ1v) is 9.02. The van der Waals surface area contributed by atoms with Crippen LogP contribution < -0.4 is 10.1 Å². The molecular formula is C20H15N3O2S. The summed E-state index contributed by atoms with van der Waals surface area (Å²) in [6.07, 6.45) is 2.54. The van der Waals surface area contributed by atoms with Crippen LogP contribution in [0, 0.1) is 11.3 Å². The maximum absolute atomic E-state index is 12.4. The fourth-order valence-electron chi connectivity index (χ4n) is 2.86. The van der Waals surface area contributed by atoms with E-state index in [9.17, 15) is 4.79 Å². The zero-order chi connectivity index (χ0) is 17.9. The molecule has 1 N–H and O–H groups in total. The molecule has 5 nitrogen and oxygen atoms in total. The number of thiazole rings is 1. The molecule has 1 atom stereocenters. The highest BCUT2D eigenvalue weighted by atomic mass is 32.1. The molecule has 3 aromatic rings. The Morgan fingerprint density at radius 3 is 2.85 bits per heavy atom. The van der Waals surface area contributed by atoms with E-state index in [2.05, 4.69) is 16.4 Å². The third-order valence-electron chi connectivity index (χ3n) is 4.18. The second-order valence-electron chi connectivity index (χ2n) is 6.02. The van der Waals surface area contributed by atoms with Gasteiger partial charge in [0.05, 0.1) is 11.6 Å². The maximum atomic E-state index is 12.4. The normalized spacial score (nSPS) is 15.0. The Hall–Kier alpha value is -3.17. The summed E-state index contributed by atoms with van der Waals surface area (Å²) in [6.45, 7) is 0. The molecule has 0 aliphatic carbocycles.